The average molecular weight is 314 g/mol. The summed E-state index contributed by atoms with van der Waals surface area (Å²) in [7, 11) is 0. The lowest BCUT2D eigenvalue weighted by atomic mass is 9.83. The minimum Gasteiger partial charge on any atom is -0.449 e. The van der Waals surface area contributed by atoms with Gasteiger partial charge in [-0.3, -0.25) is 4.79 Å². The first kappa shape index (κ1) is 17.0. The zero-order valence-corrected chi connectivity index (χ0v) is 13.6. The number of nitriles is 1. The summed E-state index contributed by atoms with van der Waals surface area (Å²) in [6, 6.07) is 9.29. The standard InChI is InChI=1S/C18H22N2O3/c1-13-8-4-5-9-15(13)17(22)23-14(2)16(21)20-18(12-19)10-6-3-7-11-18/h4-5,8-9,14H,3,6-7,10-11H2,1-2H3,(H,20,21). The third-order valence-electron chi connectivity index (χ3n) is 4.30. The van der Waals surface area contributed by atoms with E-state index in [1.54, 1.807) is 12.1 Å². The molecule has 0 saturated heterocycles. The van der Waals surface area contributed by atoms with Crippen molar-refractivity contribution in [3.8, 4) is 6.07 Å². The highest BCUT2D eigenvalue weighted by Crippen LogP contribution is 2.27. The van der Waals surface area contributed by atoms with Crippen molar-refractivity contribution in [2.75, 3.05) is 0 Å². The van der Waals surface area contributed by atoms with Crippen LogP contribution in [0.5, 0.6) is 0 Å². The van der Waals surface area contributed by atoms with Gasteiger partial charge in [0.1, 0.15) is 5.54 Å². The number of carbonyl (C=O) groups excluding carboxylic acids is 2. The van der Waals surface area contributed by atoms with E-state index < -0.39 is 23.5 Å². The Morgan fingerprint density at radius 2 is 1.91 bits per heavy atom. The van der Waals surface area contributed by atoms with Crippen LogP contribution in [0, 0.1) is 18.3 Å². The van der Waals surface area contributed by atoms with Crippen molar-refractivity contribution < 1.29 is 14.3 Å². The van der Waals surface area contributed by atoms with Gasteiger partial charge in [-0.2, -0.15) is 5.26 Å². The maximum absolute atomic E-state index is 12.3. The van der Waals surface area contributed by atoms with Gasteiger partial charge < -0.3 is 10.1 Å². The molecule has 1 amide bonds. The number of hydrogen-bond donors (Lipinski definition) is 1. The first-order valence-corrected chi connectivity index (χ1v) is 7.97. The topological polar surface area (TPSA) is 79.2 Å². The second-order valence-corrected chi connectivity index (χ2v) is 6.11. The van der Waals surface area contributed by atoms with Crippen molar-refractivity contribution in [1.29, 1.82) is 5.26 Å². The van der Waals surface area contributed by atoms with Gasteiger partial charge in [0.05, 0.1) is 11.6 Å². The number of nitrogens with one attached hydrogen (secondary N) is 1. The third-order valence-corrected chi connectivity index (χ3v) is 4.30. The molecule has 1 aliphatic rings. The van der Waals surface area contributed by atoms with Gasteiger partial charge in [-0.05, 0) is 38.3 Å². The first-order valence-electron chi connectivity index (χ1n) is 7.97. The molecule has 1 aromatic carbocycles. The Hall–Kier alpha value is -2.35. The fourth-order valence-corrected chi connectivity index (χ4v) is 2.84. The Kier molecular flexibility index (Phi) is 5.38. The second kappa shape index (κ2) is 7.28. The van der Waals surface area contributed by atoms with E-state index in [1.807, 2.05) is 19.1 Å². The van der Waals surface area contributed by atoms with Crippen molar-refractivity contribution in [2.45, 2.75) is 57.6 Å². The van der Waals surface area contributed by atoms with E-state index in [4.69, 9.17) is 4.74 Å². The Labute approximate surface area is 136 Å². The molecule has 5 heteroatoms. The Bertz CT molecular complexity index is 627. The summed E-state index contributed by atoms with van der Waals surface area (Å²) in [6.45, 7) is 3.34. The number of amides is 1. The highest BCUT2D eigenvalue weighted by Gasteiger charge is 2.35. The molecule has 1 saturated carbocycles. The molecular formula is C18H22N2O3. The van der Waals surface area contributed by atoms with Crippen molar-refractivity contribution in [3.05, 3.63) is 35.4 Å². The number of rotatable bonds is 4. The van der Waals surface area contributed by atoms with E-state index in [0.717, 1.165) is 24.8 Å². The minimum atomic E-state index is -0.936. The smallest absolute Gasteiger partial charge is 0.339 e. The van der Waals surface area contributed by atoms with Gasteiger partial charge in [0, 0.05) is 0 Å². The molecule has 0 radical (unpaired) electrons. The number of ether oxygens (including phenoxy) is 1. The molecule has 1 N–H and O–H groups in total. The Morgan fingerprint density at radius 1 is 1.26 bits per heavy atom. The maximum Gasteiger partial charge on any atom is 0.339 e. The van der Waals surface area contributed by atoms with Gasteiger partial charge in [-0.25, -0.2) is 4.79 Å². The molecule has 0 aliphatic heterocycles. The third kappa shape index (κ3) is 4.10. The lowest BCUT2D eigenvalue weighted by Gasteiger charge is -2.32. The summed E-state index contributed by atoms with van der Waals surface area (Å²) in [5.74, 6) is -0.948. The molecule has 5 nitrogen and oxygen atoms in total. The fraction of sp³-hybridized carbons (Fsp3) is 0.500. The molecule has 122 valence electrons. The van der Waals surface area contributed by atoms with E-state index in [1.165, 1.54) is 6.92 Å². The van der Waals surface area contributed by atoms with Crippen molar-refractivity contribution in [1.82, 2.24) is 5.32 Å². The van der Waals surface area contributed by atoms with Crippen LogP contribution in [0.1, 0.15) is 54.9 Å². The summed E-state index contributed by atoms with van der Waals surface area (Å²) >= 11 is 0. The van der Waals surface area contributed by atoms with E-state index >= 15 is 0 Å². The summed E-state index contributed by atoms with van der Waals surface area (Å²) in [6.07, 6.45) is 3.28. The minimum absolute atomic E-state index is 0.421. The molecule has 1 unspecified atom stereocenters. The normalized spacial score (nSPS) is 17.6. The molecule has 0 bridgehead atoms. The van der Waals surface area contributed by atoms with E-state index in [2.05, 4.69) is 11.4 Å². The second-order valence-electron chi connectivity index (χ2n) is 6.11. The number of hydrogen-bond acceptors (Lipinski definition) is 4. The monoisotopic (exact) mass is 314 g/mol. The van der Waals surface area contributed by atoms with Crippen LogP contribution in [0.25, 0.3) is 0 Å². The van der Waals surface area contributed by atoms with Crippen LogP contribution in [0.3, 0.4) is 0 Å². The van der Waals surface area contributed by atoms with Crippen LogP contribution in [0.2, 0.25) is 0 Å². The number of esters is 1. The van der Waals surface area contributed by atoms with Crippen LogP contribution >= 0.6 is 0 Å². The van der Waals surface area contributed by atoms with E-state index in [-0.39, 0.29) is 0 Å². The fourth-order valence-electron chi connectivity index (χ4n) is 2.84. The Morgan fingerprint density at radius 3 is 2.52 bits per heavy atom. The largest absolute Gasteiger partial charge is 0.449 e. The maximum atomic E-state index is 12.3. The van der Waals surface area contributed by atoms with Gasteiger partial charge in [-0.1, -0.05) is 37.5 Å². The van der Waals surface area contributed by atoms with E-state index in [0.29, 0.717) is 18.4 Å². The van der Waals surface area contributed by atoms with Crippen molar-refractivity contribution in [3.63, 3.8) is 0 Å². The predicted octanol–water partition coefficient (Wildman–Crippen LogP) is 2.88. The molecule has 1 aliphatic carbocycles. The van der Waals surface area contributed by atoms with Crippen LogP contribution in [0.4, 0.5) is 0 Å². The first-order chi connectivity index (χ1) is 11.0. The molecule has 23 heavy (non-hydrogen) atoms. The summed E-state index contributed by atoms with van der Waals surface area (Å²) in [5.41, 5.74) is 0.421. The lowest BCUT2D eigenvalue weighted by Crippen LogP contribution is -2.52. The lowest BCUT2D eigenvalue weighted by molar-refractivity contribution is -0.130. The van der Waals surface area contributed by atoms with E-state index in [9.17, 15) is 14.9 Å². The van der Waals surface area contributed by atoms with Gasteiger partial charge in [0.25, 0.3) is 5.91 Å². The number of carbonyl (C=O) groups is 2. The van der Waals surface area contributed by atoms with Gasteiger partial charge in [0.15, 0.2) is 6.10 Å². The SMILES string of the molecule is Cc1ccccc1C(=O)OC(C)C(=O)NC1(C#N)CCCCC1. The summed E-state index contributed by atoms with van der Waals surface area (Å²) in [4.78, 5) is 24.4. The molecule has 2 rings (SSSR count). The molecule has 1 atom stereocenters. The highest BCUT2D eigenvalue weighted by atomic mass is 16.5. The van der Waals surface area contributed by atoms with Gasteiger partial charge in [0.2, 0.25) is 0 Å². The number of aryl methyl sites for hydroxylation is 1. The summed E-state index contributed by atoms with van der Waals surface area (Å²) in [5, 5.41) is 12.2. The Balaban J connectivity index is 1.99. The predicted molar refractivity (Wildman–Crippen MR) is 85.6 cm³/mol. The van der Waals surface area contributed by atoms with Crippen LogP contribution in [-0.2, 0) is 9.53 Å². The van der Waals surface area contributed by atoms with Crippen LogP contribution in [-0.4, -0.2) is 23.5 Å². The molecule has 1 fully saturated rings. The zero-order valence-electron chi connectivity index (χ0n) is 13.6. The van der Waals surface area contributed by atoms with Gasteiger partial charge in [-0.15, -0.1) is 0 Å². The molecular weight excluding hydrogens is 292 g/mol. The highest BCUT2D eigenvalue weighted by molar-refractivity contribution is 5.93. The average Bonchev–Trinajstić information content (AvgIpc) is 2.55. The quantitative estimate of drug-likeness (QED) is 0.867. The van der Waals surface area contributed by atoms with Crippen LogP contribution in [0.15, 0.2) is 24.3 Å². The molecule has 0 heterocycles. The van der Waals surface area contributed by atoms with Crippen molar-refractivity contribution >= 4 is 11.9 Å². The number of benzene rings is 1. The number of nitrogens with zero attached hydrogens (tertiary/aromatic N) is 1. The molecule has 1 aromatic rings. The molecule has 0 aromatic heterocycles. The summed E-state index contributed by atoms with van der Waals surface area (Å²) < 4.78 is 5.25. The molecule has 0 spiro atoms. The zero-order chi connectivity index (χ0) is 16.9. The van der Waals surface area contributed by atoms with Gasteiger partial charge >= 0.3 is 5.97 Å². The van der Waals surface area contributed by atoms with Crippen molar-refractivity contribution in [2.24, 2.45) is 0 Å². The van der Waals surface area contributed by atoms with Crippen LogP contribution < -0.4 is 5.32 Å².